The Balaban J connectivity index is 2.05. The molecule has 3 aromatic rings. The number of hydrogen-bond donors (Lipinski definition) is 0. The maximum Gasteiger partial charge on any atom is 0.342 e. The third-order valence-corrected chi connectivity index (χ3v) is 4.37. The van der Waals surface area contributed by atoms with Crippen LogP contribution in [0.5, 0.6) is 5.75 Å². The highest BCUT2D eigenvalue weighted by Crippen LogP contribution is 2.26. The van der Waals surface area contributed by atoms with E-state index >= 15 is 0 Å². The van der Waals surface area contributed by atoms with Crippen LogP contribution in [-0.2, 0) is 4.74 Å². The number of esters is 1. The summed E-state index contributed by atoms with van der Waals surface area (Å²) in [6.45, 7) is 1.97. The van der Waals surface area contributed by atoms with Gasteiger partial charge in [-0.05, 0) is 42.6 Å². The predicted molar refractivity (Wildman–Crippen MR) is 94.2 cm³/mol. The van der Waals surface area contributed by atoms with Crippen LogP contribution >= 0.6 is 11.3 Å². The van der Waals surface area contributed by atoms with E-state index in [1.54, 1.807) is 50.4 Å². The van der Waals surface area contributed by atoms with Crippen LogP contribution in [-0.4, -0.2) is 35.4 Å². The molecule has 0 saturated heterocycles. The zero-order valence-corrected chi connectivity index (χ0v) is 14.6. The van der Waals surface area contributed by atoms with Gasteiger partial charge >= 0.3 is 5.97 Å². The third kappa shape index (κ3) is 3.46. The molecule has 2 aromatic heterocycles. The monoisotopic (exact) mass is 356 g/mol. The van der Waals surface area contributed by atoms with Crippen molar-refractivity contribution in [1.82, 2.24) is 9.78 Å². The van der Waals surface area contributed by atoms with Crippen LogP contribution in [0.15, 0.2) is 48.0 Å². The first-order valence-electron chi connectivity index (χ1n) is 7.63. The second kappa shape index (κ2) is 7.31. The van der Waals surface area contributed by atoms with Crippen LogP contribution in [0.2, 0.25) is 0 Å². The molecule has 128 valence electrons. The molecular weight excluding hydrogens is 340 g/mol. The Morgan fingerprint density at radius 2 is 1.96 bits per heavy atom. The molecule has 0 atom stereocenters. The van der Waals surface area contributed by atoms with Crippen molar-refractivity contribution in [2.75, 3.05) is 13.7 Å². The predicted octanol–water partition coefficient (Wildman–Crippen LogP) is 3.49. The van der Waals surface area contributed by atoms with Gasteiger partial charge in [0, 0.05) is 11.8 Å². The fraction of sp³-hybridized carbons (Fsp3) is 0.167. The molecular formula is C18H16N2O4S. The zero-order chi connectivity index (χ0) is 17.8. The lowest BCUT2D eigenvalue weighted by atomic mass is 10.1. The summed E-state index contributed by atoms with van der Waals surface area (Å²) in [5, 5.41) is 6.14. The maximum atomic E-state index is 12.5. The van der Waals surface area contributed by atoms with Crippen molar-refractivity contribution >= 4 is 23.2 Å². The summed E-state index contributed by atoms with van der Waals surface area (Å²) in [6, 6.07) is 10.6. The molecule has 0 bridgehead atoms. The van der Waals surface area contributed by atoms with E-state index in [2.05, 4.69) is 5.10 Å². The molecule has 25 heavy (non-hydrogen) atoms. The van der Waals surface area contributed by atoms with Crippen LogP contribution in [0.25, 0.3) is 11.3 Å². The highest BCUT2D eigenvalue weighted by atomic mass is 32.1. The maximum absolute atomic E-state index is 12.5. The van der Waals surface area contributed by atoms with Crippen molar-refractivity contribution in [2.45, 2.75) is 6.92 Å². The highest BCUT2D eigenvalue weighted by Gasteiger charge is 2.22. The Morgan fingerprint density at radius 1 is 1.20 bits per heavy atom. The average Bonchev–Trinajstić information content (AvgIpc) is 3.31. The Labute approximate surface area is 148 Å². The van der Waals surface area contributed by atoms with E-state index in [1.165, 1.54) is 22.2 Å². The van der Waals surface area contributed by atoms with Gasteiger partial charge in [-0.15, -0.1) is 11.3 Å². The van der Waals surface area contributed by atoms with Crippen molar-refractivity contribution in [1.29, 1.82) is 0 Å². The molecule has 0 aliphatic carbocycles. The summed E-state index contributed by atoms with van der Waals surface area (Å²) in [5.41, 5.74) is 1.34. The summed E-state index contributed by atoms with van der Waals surface area (Å²) in [6.07, 6.45) is 1.42. The molecule has 0 saturated carbocycles. The summed E-state index contributed by atoms with van der Waals surface area (Å²) < 4.78 is 11.4. The number of ether oxygens (including phenoxy) is 2. The van der Waals surface area contributed by atoms with Crippen molar-refractivity contribution in [3.8, 4) is 17.0 Å². The summed E-state index contributed by atoms with van der Waals surface area (Å²) in [5.74, 6) is -0.116. The highest BCUT2D eigenvalue weighted by molar-refractivity contribution is 7.12. The normalized spacial score (nSPS) is 10.5. The molecule has 0 unspecified atom stereocenters. The summed E-state index contributed by atoms with van der Waals surface area (Å²) in [4.78, 5) is 25.3. The first-order valence-corrected chi connectivity index (χ1v) is 8.51. The Bertz CT molecular complexity index is 882. The van der Waals surface area contributed by atoms with Gasteiger partial charge in [-0.25, -0.2) is 9.48 Å². The van der Waals surface area contributed by atoms with Gasteiger partial charge in [0.2, 0.25) is 0 Å². The van der Waals surface area contributed by atoms with Gasteiger partial charge in [-0.2, -0.15) is 5.10 Å². The minimum atomic E-state index is -0.515. The second-order valence-electron chi connectivity index (χ2n) is 5.07. The molecule has 1 aromatic carbocycles. The van der Waals surface area contributed by atoms with Gasteiger partial charge in [-0.3, -0.25) is 4.79 Å². The SMILES string of the molecule is CCOC(=O)c1cn(C(=O)c2cccs2)nc1-c1ccc(OC)cc1. The number of carbonyl (C=O) groups excluding carboxylic acids is 2. The van der Waals surface area contributed by atoms with E-state index in [4.69, 9.17) is 9.47 Å². The minimum Gasteiger partial charge on any atom is -0.497 e. The largest absolute Gasteiger partial charge is 0.497 e. The molecule has 0 radical (unpaired) electrons. The minimum absolute atomic E-state index is 0.241. The second-order valence-corrected chi connectivity index (χ2v) is 6.02. The van der Waals surface area contributed by atoms with E-state index in [1.807, 2.05) is 5.38 Å². The van der Waals surface area contributed by atoms with Crippen LogP contribution in [0.1, 0.15) is 27.0 Å². The number of benzene rings is 1. The molecule has 3 rings (SSSR count). The Kier molecular flexibility index (Phi) is 4.95. The third-order valence-electron chi connectivity index (χ3n) is 3.51. The van der Waals surface area contributed by atoms with E-state index < -0.39 is 5.97 Å². The zero-order valence-electron chi connectivity index (χ0n) is 13.8. The molecule has 0 N–H and O–H groups in total. The number of thiophene rings is 1. The molecule has 6 nitrogen and oxygen atoms in total. The van der Waals surface area contributed by atoms with Gasteiger partial charge < -0.3 is 9.47 Å². The van der Waals surface area contributed by atoms with E-state index in [-0.39, 0.29) is 18.1 Å². The number of nitrogens with zero attached hydrogens (tertiary/aromatic N) is 2. The summed E-state index contributed by atoms with van der Waals surface area (Å²) in [7, 11) is 1.58. The number of hydrogen-bond acceptors (Lipinski definition) is 6. The quantitative estimate of drug-likeness (QED) is 0.655. The fourth-order valence-corrected chi connectivity index (χ4v) is 2.97. The number of aromatic nitrogens is 2. The lowest BCUT2D eigenvalue weighted by molar-refractivity contribution is 0.0527. The molecule has 0 fully saturated rings. The number of carbonyl (C=O) groups is 2. The van der Waals surface area contributed by atoms with Gasteiger partial charge in [0.15, 0.2) is 0 Å². The first kappa shape index (κ1) is 16.9. The first-order chi connectivity index (χ1) is 12.1. The topological polar surface area (TPSA) is 70.4 Å². The van der Waals surface area contributed by atoms with Gasteiger partial charge in [0.1, 0.15) is 17.0 Å². The Morgan fingerprint density at radius 3 is 2.56 bits per heavy atom. The van der Waals surface area contributed by atoms with Crippen molar-refractivity contribution in [3.05, 3.63) is 58.4 Å². The average molecular weight is 356 g/mol. The van der Waals surface area contributed by atoms with E-state index in [0.29, 0.717) is 21.9 Å². The molecule has 2 heterocycles. The van der Waals surface area contributed by atoms with Gasteiger partial charge in [0.05, 0.1) is 18.6 Å². The van der Waals surface area contributed by atoms with Gasteiger partial charge in [-0.1, -0.05) is 6.07 Å². The number of rotatable bonds is 5. The standard InChI is InChI=1S/C18H16N2O4S/c1-3-24-18(22)14-11-20(17(21)15-5-4-10-25-15)19-16(14)12-6-8-13(23-2)9-7-12/h4-11H,3H2,1-2H3. The molecule has 0 aliphatic heterocycles. The lowest BCUT2D eigenvalue weighted by Crippen LogP contribution is -2.11. The Hall–Kier alpha value is -2.93. The van der Waals surface area contributed by atoms with Crippen molar-refractivity contribution < 1.29 is 19.1 Å². The van der Waals surface area contributed by atoms with Crippen molar-refractivity contribution in [3.63, 3.8) is 0 Å². The van der Waals surface area contributed by atoms with E-state index in [9.17, 15) is 9.59 Å². The van der Waals surface area contributed by atoms with Crippen LogP contribution in [0.4, 0.5) is 0 Å². The molecule has 7 heteroatoms. The van der Waals surface area contributed by atoms with Crippen LogP contribution < -0.4 is 4.74 Å². The fourth-order valence-electron chi connectivity index (χ4n) is 2.31. The molecule has 0 spiro atoms. The molecule has 0 amide bonds. The smallest absolute Gasteiger partial charge is 0.342 e. The van der Waals surface area contributed by atoms with Crippen LogP contribution in [0.3, 0.4) is 0 Å². The van der Waals surface area contributed by atoms with Crippen molar-refractivity contribution in [2.24, 2.45) is 0 Å². The molecule has 0 aliphatic rings. The lowest BCUT2D eigenvalue weighted by Gasteiger charge is -2.04. The van der Waals surface area contributed by atoms with E-state index in [0.717, 1.165) is 0 Å². The van der Waals surface area contributed by atoms with Gasteiger partial charge in [0.25, 0.3) is 5.91 Å². The van der Waals surface area contributed by atoms with Crippen LogP contribution in [0, 0.1) is 0 Å². The summed E-state index contributed by atoms with van der Waals surface area (Å²) >= 11 is 1.32. The number of methoxy groups -OCH3 is 1.